The second-order valence-electron chi connectivity index (χ2n) is 4.82. The summed E-state index contributed by atoms with van der Waals surface area (Å²) in [6.07, 6.45) is 3.29. The van der Waals surface area contributed by atoms with Gasteiger partial charge in [0, 0.05) is 40.5 Å². The first-order valence-corrected chi connectivity index (χ1v) is 7.06. The van der Waals surface area contributed by atoms with E-state index in [0.717, 1.165) is 12.4 Å². The Morgan fingerprint density at radius 1 is 1.19 bits per heavy atom. The highest BCUT2D eigenvalue weighted by molar-refractivity contribution is 5.81. The molecule has 6 nitrogen and oxygen atoms in total. The molecule has 0 fully saturated rings. The lowest BCUT2D eigenvalue weighted by atomic mass is 10.2. The van der Waals surface area contributed by atoms with E-state index in [4.69, 9.17) is 5.73 Å². The van der Waals surface area contributed by atoms with Gasteiger partial charge < -0.3 is 16.4 Å². The maximum absolute atomic E-state index is 13.8. The van der Waals surface area contributed by atoms with E-state index < -0.39 is 47.0 Å². The van der Waals surface area contributed by atoms with Gasteiger partial charge in [-0.05, 0) is 0 Å². The molecule has 0 atom stereocenters. The minimum atomic E-state index is -1.59. The van der Waals surface area contributed by atoms with Gasteiger partial charge in [-0.1, -0.05) is 0 Å². The van der Waals surface area contributed by atoms with E-state index in [-0.39, 0.29) is 14.9 Å². The van der Waals surface area contributed by atoms with Crippen molar-refractivity contribution in [3.8, 4) is 0 Å². The van der Waals surface area contributed by atoms with Crippen LogP contribution in [0.4, 0.5) is 33.7 Å². The summed E-state index contributed by atoms with van der Waals surface area (Å²) in [4.78, 5) is 11.1. The van der Waals surface area contributed by atoms with Crippen LogP contribution in [0.2, 0.25) is 0 Å². The van der Waals surface area contributed by atoms with Crippen molar-refractivity contribution in [3.05, 3.63) is 58.8 Å². The molecule has 1 aromatic carbocycles. The molecule has 1 heterocycles. The number of anilines is 2. The average molecular weight is 376 g/mol. The van der Waals surface area contributed by atoms with E-state index in [0.29, 0.717) is 5.70 Å². The first kappa shape index (κ1) is 19.1. The SMILES string of the molecule is CN=C/C(=C\N)Nc1ncc(F)c(NCc2c(F)c(F)cc(F)c2F)n1.[HH].[HH]. The van der Waals surface area contributed by atoms with Gasteiger partial charge in [-0.15, -0.1) is 0 Å². The minimum Gasteiger partial charge on any atom is -0.403 e. The van der Waals surface area contributed by atoms with E-state index in [1.807, 2.05) is 0 Å². The fourth-order valence-electron chi connectivity index (χ4n) is 1.89. The number of nitrogens with two attached hydrogens (primary N) is 1. The molecule has 11 heteroatoms. The van der Waals surface area contributed by atoms with Crippen LogP contribution in [0.15, 0.2) is 29.2 Å². The summed E-state index contributed by atoms with van der Waals surface area (Å²) in [6, 6.07) is 0.0808. The van der Waals surface area contributed by atoms with Crippen molar-refractivity contribution in [3.63, 3.8) is 0 Å². The van der Waals surface area contributed by atoms with Gasteiger partial charge in [0.1, 0.15) is 0 Å². The van der Waals surface area contributed by atoms with Gasteiger partial charge in [0.25, 0.3) is 0 Å². The van der Waals surface area contributed by atoms with Crippen molar-refractivity contribution in [2.45, 2.75) is 6.54 Å². The highest BCUT2D eigenvalue weighted by Crippen LogP contribution is 2.21. The molecule has 0 aliphatic heterocycles. The Balaban J connectivity index is 0.00000364. The highest BCUT2D eigenvalue weighted by atomic mass is 19.2. The largest absolute Gasteiger partial charge is 0.403 e. The number of hydrogen-bond acceptors (Lipinski definition) is 6. The molecule has 26 heavy (non-hydrogen) atoms. The Labute approximate surface area is 147 Å². The van der Waals surface area contributed by atoms with Crippen molar-refractivity contribution in [2.24, 2.45) is 10.7 Å². The topological polar surface area (TPSA) is 88.2 Å². The van der Waals surface area contributed by atoms with Crippen LogP contribution < -0.4 is 16.4 Å². The Bertz CT molecular complexity index is 852. The summed E-state index contributed by atoms with van der Waals surface area (Å²) >= 11 is 0. The van der Waals surface area contributed by atoms with E-state index in [1.54, 1.807) is 0 Å². The molecular formula is C15H17F5N6. The molecule has 4 N–H and O–H groups in total. The van der Waals surface area contributed by atoms with Crippen molar-refractivity contribution in [1.29, 1.82) is 0 Å². The van der Waals surface area contributed by atoms with Crippen LogP contribution in [-0.4, -0.2) is 23.2 Å². The monoisotopic (exact) mass is 376 g/mol. The van der Waals surface area contributed by atoms with Gasteiger partial charge in [0.2, 0.25) is 5.95 Å². The summed E-state index contributed by atoms with van der Waals surface area (Å²) in [5.41, 5.74) is 4.72. The van der Waals surface area contributed by atoms with Crippen LogP contribution in [0, 0.1) is 29.1 Å². The summed E-state index contributed by atoms with van der Waals surface area (Å²) in [5, 5.41) is 4.89. The van der Waals surface area contributed by atoms with Gasteiger partial charge in [-0.25, -0.2) is 26.9 Å². The molecular weight excluding hydrogens is 359 g/mol. The average Bonchev–Trinajstić information content (AvgIpc) is 2.62. The second-order valence-corrected chi connectivity index (χ2v) is 4.82. The van der Waals surface area contributed by atoms with E-state index in [1.165, 1.54) is 13.3 Å². The maximum Gasteiger partial charge on any atom is 0.229 e. The van der Waals surface area contributed by atoms with Crippen LogP contribution in [0.1, 0.15) is 8.42 Å². The third kappa shape index (κ3) is 4.23. The summed E-state index contributed by atoms with van der Waals surface area (Å²) in [7, 11) is 1.49. The van der Waals surface area contributed by atoms with Gasteiger partial charge in [-0.2, -0.15) is 4.98 Å². The predicted octanol–water partition coefficient (Wildman–Crippen LogP) is 3.19. The number of aliphatic imine (C=N–C) groups is 1. The smallest absolute Gasteiger partial charge is 0.229 e. The molecule has 0 saturated carbocycles. The number of nitrogens with one attached hydrogen (secondary N) is 2. The zero-order valence-electron chi connectivity index (χ0n) is 13.3. The van der Waals surface area contributed by atoms with Crippen LogP contribution in [0.25, 0.3) is 0 Å². The van der Waals surface area contributed by atoms with Crippen molar-refractivity contribution in [1.82, 2.24) is 9.97 Å². The van der Waals surface area contributed by atoms with Gasteiger partial charge in [-0.3, -0.25) is 4.99 Å². The first-order valence-electron chi connectivity index (χ1n) is 7.06. The molecule has 0 aliphatic carbocycles. The molecule has 0 bridgehead atoms. The molecule has 142 valence electrons. The van der Waals surface area contributed by atoms with Crippen molar-refractivity contribution < 1.29 is 24.8 Å². The summed E-state index contributed by atoms with van der Waals surface area (Å²) in [6.45, 7) is -0.754. The standard InChI is InChI=1S/C15H13F5N6.2H2/c1-22-4-7(3-21)25-15-24-6-11(18)14(26-15)23-5-8-12(19)9(16)2-10(17)13(8)20;;/h2-4,6H,5,21H2,1H3,(H2,23,24,25,26);2*1H/b7-3+,22-4?;;. The number of allylic oxidation sites excluding steroid dienone is 1. The number of rotatable bonds is 6. The lowest BCUT2D eigenvalue weighted by Crippen LogP contribution is -2.12. The Hall–Kier alpha value is -3.24. The van der Waals surface area contributed by atoms with Crippen LogP contribution in [-0.2, 0) is 6.54 Å². The third-order valence-corrected chi connectivity index (χ3v) is 3.08. The van der Waals surface area contributed by atoms with Gasteiger partial charge in [0.05, 0.1) is 11.9 Å². The molecule has 0 saturated heterocycles. The van der Waals surface area contributed by atoms with Crippen LogP contribution in [0.5, 0.6) is 0 Å². The first-order chi connectivity index (χ1) is 12.4. The highest BCUT2D eigenvalue weighted by Gasteiger charge is 2.19. The van der Waals surface area contributed by atoms with Gasteiger partial charge in [0.15, 0.2) is 34.9 Å². The van der Waals surface area contributed by atoms with E-state index >= 15 is 0 Å². The normalized spacial score (nSPS) is 11.8. The quantitative estimate of drug-likeness (QED) is 0.409. The lowest BCUT2D eigenvalue weighted by Gasteiger charge is -2.11. The Morgan fingerprint density at radius 2 is 1.85 bits per heavy atom. The van der Waals surface area contributed by atoms with E-state index in [9.17, 15) is 22.0 Å². The number of nitrogens with zero attached hydrogens (tertiary/aromatic N) is 3. The van der Waals surface area contributed by atoms with Crippen LogP contribution in [0.3, 0.4) is 0 Å². The molecule has 0 spiro atoms. The molecule has 1 aromatic heterocycles. The number of aromatic nitrogens is 2. The summed E-state index contributed by atoms with van der Waals surface area (Å²) < 4.78 is 67.4. The Morgan fingerprint density at radius 3 is 2.42 bits per heavy atom. The predicted molar refractivity (Wildman–Crippen MR) is 90.1 cm³/mol. The second kappa shape index (κ2) is 8.23. The number of benzene rings is 1. The summed E-state index contributed by atoms with van der Waals surface area (Å²) in [5.74, 6) is -7.80. The van der Waals surface area contributed by atoms with Crippen molar-refractivity contribution in [2.75, 3.05) is 17.7 Å². The van der Waals surface area contributed by atoms with Gasteiger partial charge >= 0.3 is 0 Å². The molecule has 0 aliphatic rings. The van der Waals surface area contributed by atoms with E-state index in [2.05, 4.69) is 25.6 Å². The minimum absolute atomic E-state index is 0. The molecule has 0 amide bonds. The fraction of sp³-hybridized carbons (Fsp3) is 0.133. The third-order valence-electron chi connectivity index (χ3n) is 3.08. The number of hydrogen-bond donors (Lipinski definition) is 3. The number of halogens is 5. The zero-order chi connectivity index (χ0) is 19.3. The zero-order valence-corrected chi connectivity index (χ0v) is 13.3. The van der Waals surface area contributed by atoms with Crippen molar-refractivity contribution >= 4 is 18.0 Å². The maximum atomic E-state index is 13.8. The molecule has 2 rings (SSSR count). The molecule has 0 unspecified atom stereocenters. The van der Waals surface area contributed by atoms with Crippen LogP contribution >= 0.6 is 0 Å². The fourth-order valence-corrected chi connectivity index (χ4v) is 1.89. The Kier molecular flexibility index (Phi) is 6.04. The molecule has 0 radical (unpaired) electrons. The molecule has 2 aromatic rings. The lowest BCUT2D eigenvalue weighted by molar-refractivity contribution is 0.440.